The SMILES string of the molecule is CC[C@H](C)[C@H](NC(=O)[C@H](CC(=O)O)NC(=O)[C@H](Cc1ccc(O)cc1)NC(=O)COc1ccccc1NC(=O)[C@@H](Cc1ccccc1)NC(=O)[C@@H]1CCCN1C(=O)C(=O)OC)C(=O)N[C@@H](CC(N)=O)C(=O)N[C@@H](Cc1ccc(O)cc1)C(=O)N[C@@H](Cc1ccc(O)cc1)C(=O)N[C@H](C(=O)N[C@@H](CO)C(=O)N[C@@H](CCC(=O)O)C(=O)O)[C@@H](C)O. The number of primary amides is 1. The van der Waals surface area contributed by atoms with Gasteiger partial charge in [-0.05, 0) is 103 Å². The molecular weight excluding hydrogens is 1550 g/mol. The van der Waals surface area contributed by atoms with Crippen LogP contribution in [0.1, 0.15) is 88.0 Å². The largest absolute Gasteiger partial charge is 0.508 e. The third kappa shape index (κ3) is 29.2. The van der Waals surface area contributed by atoms with Crippen LogP contribution in [0.15, 0.2) is 127 Å². The molecule has 40 heteroatoms. The number of carboxylic acid groups (broad SMARTS) is 3. The number of carbonyl (C=O) groups excluding carboxylic acids is 14. The number of anilines is 1. The molecule has 0 radical (unpaired) electrons. The van der Waals surface area contributed by atoms with Gasteiger partial charge in [0.15, 0.2) is 6.61 Å². The van der Waals surface area contributed by atoms with Crippen molar-refractivity contribution in [2.75, 3.05) is 32.2 Å². The van der Waals surface area contributed by atoms with E-state index in [1.165, 1.54) is 104 Å². The van der Waals surface area contributed by atoms with Crippen LogP contribution in [0, 0.1) is 5.92 Å². The van der Waals surface area contributed by atoms with Gasteiger partial charge in [0.1, 0.15) is 89.5 Å². The number of aliphatic carboxylic acids is 3. The van der Waals surface area contributed by atoms with E-state index in [1.807, 2.05) is 5.32 Å². The lowest BCUT2D eigenvalue weighted by Crippen LogP contribution is -2.63. The summed E-state index contributed by atoms with van der Waals surface area (Å²) in [5, 5.41) is 106. The van der Waals surface area contributed by atoms with Crippen molar-refractivity contribution in [3.63, 3.8) is 0 Å². The molecule has 0 aliphatic carbocycles. The number of rotatable bonds is 44. The Kier molecular flexibility index (Phi) is 35.8. The van der Waals surface area contributed by atoms with Crippen LogP contribution >= 0.6 is 0 Å². The summed E-state index contributed by atoms with van der Waals surface area (Å²) in [6.07, 6.45) is -6.21. The summed E-state index contributed by atoms with van der Waals surface area (Å²) in [5.41, 5.74) is 6.97. The molecule has 5 aromatic rings. The molecule has 1 aliphatic rings. The van der Waals surface area contributed by atoms with Crippen molar-refractivity contribution in [1.82, 2.24) is 58.1 Å². The Morgan fingerprint density at radius 2 is 0.907 bits per heavy atom. The number of esters is 1. The van der Waals surface area contributed by atoms with Gasteiger partial charge in [-0.15, -0.1) is 0 Å². The van der Waals surface area contributed by atoms with Gasteiger partial charge in [0.25, 0.3) is 5.91 Å². The zero-order valence-corrected chi connectivity index (χ0v) is 64.4. The number of ether oxygens (including phenoxy) is 2. The molecule has 1 fully saturated rings. The van der Waals surface area contributed by atoms with Crippen LogP contribution in [-0.2, 0) is 112 Å². The molecule has 1 saturated heterocycles. The lowest BCUT2D eigenvalue weighted by Gasteiger charge is -2.29. The number of aliphatic hydroxyl groups excluding tert-OH is 2. The maximum Gasteiger partial charge on any atom is 0.396 e. The number of amides is 13. The predicted molar refractivity (Wildman–Crippen MR) is 411 cm³/mol. The van der Waals surface area contributed by atoms with E-state index in [2.05, 4.69) is 57.9 Å². The van der Waals surface area contributed by atoms with Crippen LogP contribution in [-0.4, -0.2) is 246 Å². The van der Waals surface area contributed by atoms with Gasteiger partial charge < -0.3 is 119 Å². The van der Waals surface area contributed by atoms with Crippen molar-refractivity contribution < 1.29 is 132 Å². The van der Waals surface area contributed by atoms with Gasteiger partial charge in [-0.3, -0.25) is 71.9 Å². The van der Waals surface area contributed by atoms with Crippen LogP contribution in [0.3, 0.4) is 0 Å². The number of nitrogens with one attached hydrogen (secondary N) is 11. The first kappa shape index (κ1) is 93.1. The Morgan fingerprint density at radius 1 is 0.483 bits per heavy atom. The molecule has 634 valence electrons. The highest BCUT2D eigenvalue weighted by molar-refractivity contribution is 6.33. The van der Waals surface area contributed by atoms with Crippen LogP contribution < -0.4 is 69.0 Å². The van der Waals surface area contributed by atoms with Gasteiger partial charge in [0.2, 0.25) is 65.0 Å². The first-order chi connectivity index (χ1) is 56.0. The van der Waals surface area contributed by atoms with Crippen molar-refractivity contribution in [2.45, 2.75) is 164 Å². The number of methoxy groups -OCH3 is 1. The molecule has 118 heavy (non-hydrogen) atoms. The van der Waals surface area contributed by atoms with Crippen molar-refractivity contribution in [3.05, 3.63) is 150 Å². The molecule has 13 atom stereocenters. The Hall–Kier alpha value is -13.8. The fourth-order valence-electron chi connectivity index (χ4n) is 12.1. The number of benzene rings is 5. The minimum atomic E-state index is -2.07. The Labute approximate surface area is 674 Å². The standard InChI is InChI=1S/C78H95N13O27/c1-5-40(2)64(74(111)87-55(36-60(79)97)69(106)83-52(34-44-19-25-47(95)26-20-44)68(105)84-54(35-45-21-27-48(96)28-22-45)70(107)90-65(41(3)93)75(112)88-57(38-92)72(109)82-50(77(114)115)29-30-62(99)100)89-71(108)56(37-63(101)102)85-66(103)51(33-43-17-23-46(94)24-18-43)80-61(98)39-118-59-16-10-9-14-49(59)81-67(104)53(32-42-12-7-6-8-13-42)86-73(110)58-15-11-31-91(58)76(113)78(116)117-4/h6-10,12-14,16-28,40-41,50-58,64-65,92-96H,5,11,15,29-39H2,1-4H3,(H2,79,97)(H,80,98)(H,81,104)(H,82,109)(H,83,106)(H,84,105)(H,85,103)(H,86,110)(H,87,111)(H,88,112)(H,89,108)(H,90,107)(H,99,100)(H,101,102)(H,114,115)/t40-,41+,50-,51-,52-,53+,54-,55-,56-,57-,58-,64-,65-/m0/s1. The Balaban J connectivity index is 1.21. The molecule has 13 amide bonds. The average molecular weight is 1650 g/mol. The minimum Gasteiger partial charge on any atom is -0.508 e. The molecule has 0 saturated carbocycles. The van der Waals surface area contributed by atoms with Gasteiger partial charge >= 0.3 is 29.8 Å². The van der Waals surface area contributed by atoms with Gasteiger partial charge in [-0.2, -0.15) is 0 Å². The number of nitrogens with zero attached hydrogens (tertiary/aromatic N) is 1. The van der Waals surface area contributed by atoms with Crippen LogP contribution in [0.4, 0.5) is 5.69 Å². The second-order valence-electron chi connectivity index (χ2n) is 27.6. The van der Waals surface area contributed by atoms with E-state index in [9.17, 15) is 117 Å². The van der Waals surface area contributed by atoms with E-state index in [4.69, 9.17) is 15.6 Å². The number of hydrogen-bond donors (Lipinski definition) is 20. The quantitative estimate of drug-likeness (QED) is 0.0135. The fourth-order valence-corrected chi connectivity index (χ4v) is 12.1. The summed E-state index contributed by atoms with van der Waals surface area (Å²) in [6.45, 7) is 2.03. The molecule has 6 rings (SSSR count). The number of aromatic hydroxyl groups is 3. The van der Waals surface area contributed by atoms with Crippen molar-refractivity contribution >= 4 is 106 Å². The number of nitrogens with two attached hydrogens (primary N) is 1. The summed E-state index contributed by atoms with van der Waals surface area (Å²) >= 11 is 0. The van der Waals surface area contributed by atoms with E-state index < -0.39 is 237 Å². The van der Waals surface area contributed by atoms with Crippen molar-refractivity contribution in [3.8, 4) is 23.0 Å². The number of carbonyl (C=O) groups is 17. The summed E-state index contributed by atoms with van der Waals surface area (Å²) in [5.74, 6) is -22.6. The number of phenolic OH excluding ortho intramolecular Hbond substituents is 3. The molecule has 5 aromatic carbocycles. The number of phenols is 3. The normalized spacial score (nSPS) is 15.3. The Bertz CT molecular complexity index is 4420. The monoisotopic (exact) mass is 1650 g/mol. The van der Waals surface area contributed by atoms with Gasteiger partial charge in [0, 0.05) is 38.6 Å². The second-order valence-corrected chi connectivity index (χ2v) is 27.6. The molecule has 0 aromatic heterocycles. The predicted octanol–water partition coefficient (Wildman–Crippen LogP) is -3.18. The van der Waals surface area contributed by atoms with Crippen LogP contribution in [0.2, 0.25) is 0 Å². The van der Waals surface area contributed by atoms with Crippen molar-refractivity contribution in [2.24, 2.45) is 11.7 Å². The van der Waals surface area contributed by atoms with E-state index in [1.54, 1.807) is 37.3 Å². The Morgan fingerprint density at radius 3 is 1.40 bits per heavy atom. The number of likely N-dealkylation sites (tertiary alicyclic amines) is 1. The fraction of sp³-hybridized carbons (Fsp3) is 0.397. The maximum atomic E-state index is 14.8. The van der Waals surface area contributed by atoms with Gasteiger partial charge in [-0.1, -0.05) is 99.1 Å². The van der Waals surface area contributed by atoms with E-state index in [0.717, 1.165) is 18.9 Å². The van der Waals surface area contributed by atoms with E-state index in [-0.39, 0.29) is 65.6 Å². The lowest BCUT2D eigenvalue weighted by atomic mass is 9.96. The topological polar surface area (TPSA) is 632 Å². The van der Waals surface area contributed by atoms with Crippen LogP contribution in [0.5, 0.6) is 23.0 Å². The molecule has 0 bridgehead atoms. The van der Waals surface area contributed by atoms with Gasteiger partial charge in [0.05, 0.1) is 38.3 Å². The molecule has 0 spiro atoms. The van der Waals surface area contributed by atoms with E-state index in [0.29, 0.717) is 17.5 Å². The lowest BCUT2D eigenvalue weighted by molar-refractivity contribution is -0.159. The summed E-state index contributed by atoms with van der Waals surface area (Å²) < 4.78 is 10.5. The molecule has 1 aliphatic heterocycles. The zero-order chi connectivity index (χ0) is 87.0. The third-order valence-electron chi connectivity index (χ3n) is 18.6. The highest BCUT2D eigenvalue weighted by Gasteiger charge is 2.41. The molecular formula is C78H95N13O27. The molecule has 1 heterocycles. The third-order valence-corrected chi connectivity index (χ3v) is 18.6. The minimum absolute atomic E-state index is 0.0117. The highest BCUT2D eigenvalue weighted by atomic mass is 16.5. The maximum absolute atomic E-state index is 14.8. The smallest absolute Gasteiger partial charge is 0.396 e. The number of aliphatic hydroxyl groups is 2. The first-order valence-corrected chi connectivity index (χ1v) is 37.0. The molecule has 0 unspecified atom stereocenters. The summed E-state index contributed by atoms with van der Waals surface area (Å²) in [4.78, 5) is 231. The number of carboxylic acids is 3. The molecule has 40 nitrogen and oxygen atoms in total. The first-order valence-electron chi connectivity index (χ1n) is 37.0. The van der Waals surface area contributed by atoms with Crippen molar-refractivity contribution in [1.29, 1.82) is 0 Å². The summed E-state index contributed by atoms with van der Waals surface area (Å²) in [7, 11) is 1.02. The number of para-hydroxylation sites is 2. The average Bonchev–Trinajstić information content (AvgIpc) is 1.60. The highest BCUT2D eigenvalue weighted by Crippen LogP contribution is 2.26. The second kappa shape index (κ2) is 45.3. The number of hydrogen-bond acceptors (Lipinski definition) is 24. The molecule has 21 N–H and O–H groups in total. The van der Waals surface area contributed by atoms with Gasteiger partial charge in [-0.25, -0.2) is 9.59 Å². The van der Waals surface area contributed by atoms with E-state index >= 15 is 0 Å². The zero-order valence-electron chi connectivity index (χ0n) is 64.4. The summed E-state index contributed by atoms with van der Waals surface area (Å²) in [6, 6.07) is 10.3. The van der Waals surface area contributed by atoms with Crippen LogP contribution in [0.25, 0.3) is 0 Å².